The van der Waals surface area contributed by atoms with E-state index >= 15 is 0 Å². The highest BCUT2D eigenvalue weighted by molar-refractivity contribution is 7.80. The van der Waals surface area contributed by atoms with E-state index in [0.29, 0.717) is 13.0 Å². The van der Waals surface area contributed by atoms with Crippen molar-refractivity contribution in [1.29, 1.82) is 0 Å². The summed E-state index contributed by atoms with van der Waals surface area (Å²) < 4.78 is 32.0. The molecule has 0 aliphatic rings. The third-order valence-electron chi connectivity index (χ3n) is 5.69. The summed E-state index contributed by atoms with van der Waals surface area (Å²) in [4.78, 5) is 13.2. The van der Waals surface area contributed by atoms with Gasteiger partial charge in [-0.05, 0) is 46.0 Å². The third-order valence-corrected chi connectivity index (χ3v) is 6.22. The first-order valence-electron chi connectivity index (χ1n) is 13.8. The number of aliphatic hydroxyl groups is 1. The fourth-order valence-corrected chi connectivity index (χ4v) is 3.89. The molecule has 0 rings (SSSR count). The first-order chi connectivity index (χ1) is 16.8. The molecule has 0 aromatic heterocycles. The molecular weight excluding hydrogens is 468 g/mol. The Hall–Kier alpha value is -1.00. The Morgan fingerprint density at radius 2 is 1.43 bits per heavy atom. The molecule has 0 aliphatic heterocycles. The lowest BCUT2D eigenvalue weighted by molar-refractivity contribution is -0.897. The first kappa shape index (κ1) is 36.2. The topological polar surface area (TPSA) is 120 Å². The molecule has 8 nitrogen and oxygen atoms in total. The number of carbonyl (C=O) groups is 1. The van der Waals surface area contributed by atoms with Crippen LogP contribution < -0.4 is 10.2 Å². The lowest BCUT2D eigenvalue weighted by atomic mass is 10.1. The van der Waals surface area contributed by atoms with Gasteiger partial charge in [0, 0.05) is 6.42 Å². The lowest BCUT2D eigenvalue weighted by Crippen LogP contribution is -3.12. The molecule has 0 spiro atoms. The van der Waals surface area contributed by atoms with Gasteiger partial charge in [-0.2, -0.15) is 0 Å². The van der Waals surface area contributed by atoms with Crippen molar-refractivity contribution >= 4 is 16.3 Å². The van der Waals surface area contributed by atoms with Crippen LogP contribution in [-0.2, 0) is 19.4 Å². The highest BCUT2D eigenvalue weighted by atomic mass is 32.3. The van der Waals surface area contributed by atoms with E-state index in [1.807, 2.05) is 0 Å². The summed E-state index contributed by atoms with van der Waals surface area (Å²) in [5, 5.41) is 12.0. The molecule has 1 amide bonds. The number of hydrogen-bond donors (Lipinski definition) is 3. The van der Waals surface area contributed by atoms with Gasteiger partial charge in [-0.3, -0.25) is 8.98 Å². The zero-order chi connectivity index (χ0) is 26.6. The van der Waals surface area contributed by atoms with Crippen molar-refractivity contribution in [2.45, 2.75) is 111 Å². The van der Waals surface area contributed by atoms with Crippen molar-refractivity contribution in [3.8, 4) is 0 Å². The van der Waals surface area contributed by atoms with Crippen LogP contribution in [0, 0.1) is 0 Å². The molecule has 3 N–H and O–H groups in total. The van der Waals surface area contributed by atoms with Crippen molar-refractivity contribution in [2.75, 3.05) is 39.4 Å². The van der Waals surface area contributed by atoms with Gasteiger partial charge in [-0.25, -0.2) is 8.42 Å². The Labute approximate surface area is 215 Å². The van der Waals surface area contributed by atoms with Crippen molar-refractivity contribution in [2.24, 2.45) is 0 Å². The van der Waals surface area contributed by atoms with E-state index in [1.54, 1.807) is 0 Å². The van der Waals surface area contributed by atoms with E-state index in [2.05, 4.69) is 35.5 Å². The minimum atomic E-state index is -4.42. The second-order valence-electron chi connectivity index (χ2n) is 8.83. The van der Waals surface area contributed by atoms with Crippen molar-refractivity contribution in [1.82, 2.24) is 5.32 Å². The summed E-state index contributed by atoms with van der Waals surface area (Å²) in [7, 11) is -4.42. The Bertz CT molecular complexity index is 584. The van der Waals surface area contributed by atoms with Crippen LogP contribution in [0.1, 0.15) is 111 Å². The van der Waals surface area contributed by atoms with E-state index in [4.69, 9.17) is 5.11 Å². The van der Waals surface area contributed by atoms with E-state index in [-0.39, 0.29) is 19.1 Å². The zero-order valence-corrected chi connectivity index (χ0v) is 23.5. The minimum absolute atomic E-state index is 0.0914. The Morgan fingerprint density at radius 3 is 1.89 bits per heavy atom. The van der Waals surface area contributed by atoms with Crippen LogP contribution in [0.4, 0.5) is 0 Å². The maximum Gasteiger partial charge on any atom is 0.220 e. The van der Waals surface area contributed by atoms with E-state index < -0.39 is 10.4 Å². The van der Waals surface area contributed by atoms with Crippen LogP contribution in [0.2, 0.25) is 0 Å². The standard InChI is InChI=1S/C24H48N2O2.C2H6O4S/c1-3-5-6-7-8-9-10-11-12-13-14-15-16-17-18-19-24(28)25-20-21-26(4-2)22-23-27;1-2-6-7(3,4)5/h11-12,27H,3-10,13-23H2,1-2H3,(H,25,28);2H2,1H3,(H,3,4,5). The van der Waals surface area contributed by atoms with Gasteiger partial charge in [0.25, 0.3) is 0 Å². The molecule has 0 aromatic rings. The number of amides is 1. The molecule has 0 fully saturated rings. The van der Waals surface area contributed by atoms with Crippen LogP contribution in [0.25, 0.3) is 0 Å². The summed E-state index contributed by atoms with van der Waals surface area (Å²) in [6, 6.07) is 0. The smallest absolute Gasteiger partial charge is 0.220 e. The third kappa shape index (κ3) is 33.0. The molecule has 1 atom stereocenters. The van der Waals surface area contributed by atoms with Gasteiger partial charge in [-0.1, -0.05) is 70.4 Å². The predicted molar refractivity (Wildman–Crippen MR) is 142 cm³/mol. The summed E-state index contributed by atoms with van der Waals surface area (Å²) in [6.45, 7) is 9.29. The molecule has 0 aromatic carbocycles. The number of carbonyl (C=O) groups excluding carboxylic acids is 1. The summed E-state index contributed by atoms with van der Waals surface area (Å²) in [5.41, 5.74) is 0. The molecule has 9 heteroatoms. The van der Waals surface area contributed by atoms with Crippen LogP contribution in [0.5, 0.6) is 0 Å². The number of unbranched alkanes of at least 4 members (excludes halogenated alkanes) is 11. The summed E-state index contributed by atoms with van der Waals surface area (Å²) in [6.07, 6.45) is 22.1. The van der Waals surface area contributed by atoms with Gasteiger partial charge >= 0.3 is 0 Å². The summed E-state index contributed by atoms with van der Waals surface area (Å²) in [5.74, 6) is 0.178. The number of likely N-dealkylation sites (N-methyl/N-ethyl adjacent to an activating group) is 1. The van der Waals surface area contributed by atoms with Gasteiger partial charge in [0.15, 0.2) is 0 Å². The SMILES string of the molecule is CCCCCCCCC=CCCCCCCCC(=O)NCC[NH+](CC)CCO.CCOS(=O)(=O)[O-]. The Morgan fingerprint density at radius 1 is 0.886 bits per heavy atom. The molecule has 0 heterocycles. The summed E-state index contributed by atoms with van der Waals surface area (Å²) >= 11 is 0. The van der Waals surface area contributed by atoms with Gasteiger partial charge in [0.05, 0.1) is 32.8 Å². The average Bonchev–Trinajstić information content (AvgIpc) is 2.80. The Balaban J connectivity index is 0. The van der Waals surface area contributed by atoms with E-state index in [9.17, 15) is 17.8 Å². The lowest BCUT2D eigenvalue weighted by Gasteiger charge is -2.16. The second-order valence-corrected chi connectivity index (χ2v) is 9.88. The molecule has 0 aliphatic carbocycles. The molecule has 0 saturated heterocycles. The zero-order valence-electron chi connectivity index (χ0n) is 22.7. The second kappa shape index (κ2) is 27.6. The number of nitrogens with one attached hydrogen (secondary N) is 2. The molecular formula is C26H54N2O6S. The molecule has 1 unspecified atom stereocenters. The first-order valence-corrected chi connectivity index (χ1v) is 15.1. The van der Waals surface area contributed by atoms with Crippen molar-refractivity contribution < 1.29 is 32.0 Å². The van der Waals surface area contributed by atoms with Gasteiger partial charge in [0.2, 0.25) is 16.3 Å². The average molecular weight is 523 g/mol. The van der Waals surface area contributed by atoms with Crippen molar-refractivity contribution in [3.05, 3.63) is 12.2 Å². The maximum atomic E-state index is 11.8. The van der Waals surface area contributed by atoms with E-state index in [1.165, 1.54) is 82.5 Å². The fourth-order valence-electron chi connectivity index (χ4n) is 3.60. The van der Waals surface area contributed by atoms with Gasteiger partial charge in [-0.15, -0.1) is 0 Å². The molecule has 35 heavy (non-hydrogen) atoms. The van der Waals surface area contributed by atoms with Crippen LogP contribution >= 0.6 is 0 Å². The van der Waals surface area contributed by atoms with Gasteiger partial charge in [0.1, 0.15) is 6.54 Å². The number of aliphatic hydroxyl groups excluding tert-OH is 1. The number of allylic oxidation sites excluding steroid dienone is 2. The predicted octanol–water partition coefficient (Wildman–Crippen LogP) is 3.52. The normalized spacial score (nSPS) is 12.4. The molecule has 0 radical (unpaired) electrons. The Kier molecular flexibility index (Phi) is 28.5. The quantitative estimate of drug-likeness (QED) is 0.0817. The molecule has 0 bridgehead atoms. The van der Waals surface area contributed by atoms with Crippen LogP contribution in [-0.4, -0.2) is 63.4 Å². The molecule has 0 saturated carbocycles. The van der Waals surface area contributed by atoms with E-state index in [0.717, 1.165) is 32.5 Å². The largest absolute Gasteiger partial charge is 0.726 e. The maximum absolute atomic E-state index is 11.8. The van der Waals surface area contributed by atoms with Crippen LogP contribution in [0.15, 0.2) is 12.2 Å². The fraction of sp³-hybridized carbons (Fsp3) is 0.885. The number of quaternary nitrogens is 1. The number of rotatable bonds is 23. The minimum Gasteiger partial charge on any atom is -0.726 e. The van der Waals surface area contributed by atoms with Crippen LogP contribution in [0.3, 0.4) is 0 Å². The number of hydrogen-bond acceptors (Lipinski definition) is 6. The van der Waals surface area contributed by atoms with Crippen molar-refractivity contribution in [3.63, 3.8) is 0 Å². The van der Waals surface area contributed by atoms with Gasteiger partial charge < -0.3 is 19.9 Å². The highest BCUT2D eigenvalue weighted by Crippen LogP contribution is 2.09. The highest BCUT2D eigenvalue weighted by Gasteiger charge is 2.06. The molecule has 210 valence electrons. The monoisotopic (exact) mass is 522 g/mol.